The summed E-state index contributed by atoms with van der Waals surface area (Å²) < 4.78 is 33.4. The van der Waals surface area contributed by atoms with E-state index in [2.05, 4.69) is 41.4 Å². The number of likely N-dealkylation sites (N-methyl/N-ethyl adjacent to an activating group) is 1. The lowest BCUT2D eigenvalue weighted by Gasteiger charge is -2.34. The highest BCUT2D eigenvalue weighted by molar-refractivity contribution is 7.89. The Kier molecular flexibility index (Phi) is 8.42. The molecule has 3 rings (SSSR count). The Bertz CT molecular complexity index is 1040. The minimum atomic E-state index is -3.69. The van der Waals surface area contributed by atoms with Gasteiger partial charge in [-0.3, -0.25) is 4.79 Å². The van der Waals surface area contributed by atoms with Gasteiger partial charge in [-0.1, -0.05) is 42.0 Å². The third-order valence-corrected chi connectivity index (χ3v) is 7.72. The Balaban J connectivity index is 1.66. The van der Waals surface area contributed by atoms with Gasteiger partial charge in [-0.05, 0) is 52.6 Å². The first-order valence-electron chi connectivity index (χ1n) is 11.3. The number of carbonyl (C=O) groups is 1. The number of aryl methyl sites for hydroxylation is 1. The van der Waals surface area contributed by atoms with E-state index in [-0.39, 0.29) is 35.5 Å². The predicted octanol–water partition coefficient (Wildman–Crippen LogP) is 2.87. The summed E-state index contributed by atoms with van der Waals surface area (Å²) in [6.07, 6.45) is -0.341. The molecule has 7 nitrogen and oxygen atoms in total. The highest BCUT2D eigenvalue weighted by Gasteiger charge is 2.32. The Labute approximate surface area is 197 Å². The minimum Gasteiger partial charge on any atom is -0.373 e. The van der Waals surface area contributed by atoms with Gasteiger partial charge in [0.1, 0.15) is 0 Å². The molecule has 0 aliphatic carbocycles. The van der Waals surface area contributed by atoms with Crippen molar-refractivity contribution in [3.05, 3.63) is 65.2 Å². The van der Waals surface area contributed by atoms with Crippen molar-refractivity contribution in [3.63, 3.8) is 0 Å². The minimum absolute atomic E-state index is 0.121. The second kappa shape index (κ2) is 10.9. The Morgan fingerprint density at radius 1 is 1.12 bits per heavy atom. The van der Waals surface area contributed by atoms with Crippen LogP contribution in [0.3, 0.4) is 0 Å². The fourth-order valence-corrected chi connectivity index (χ4v) is 5.75. The molecule has 3 unspecified atom stereocenters. The summed E-state index contributed by atoms with van der Waals surface area (Å²) >= 11 is 0. The largest absolute Gasteiger partial charge is 0.373 e. The van der Waals surface area contributed by atoms with E-state index in [9.17, 15) is 13.2 Å². The molecule has 3 atom stereocenters. The van der Waals surface area contributed by atoms with Crippen LogP contribution in [0.1, 0.15) is 41.4 Å². The van der Waals surface area contributed by atoms with E-state index in [1.807, 2.05) is 27.9 Å². The summed E-state index contributed by atoms with van der Waals surface area (Å²) in [5, 5.41) is 3.24. The molecule has 0 saturated carbocycles. The van der Waals surface area contributed by atoms with E-state index < -0.39 is 10.0 Å². The number of sulfonamides is 1. The van der Waals surface area contributed by atoms with E-state index >= 15 is 0 Å². The molecule has 180 valence electrons. The number of benzene rings is 2. The standard InChI is InChI=1S/C25H35N3O4S/c1-18-9-11-21(12-10-18)24(27(4)5)14-26-15-25(29)22-7-6-8-23(13-22)33(30,31)28-16-19(2)32-20(3)17-28/h6-13,19-20,24,26H,14-17H2,1-5H3. The summed E-state index contributed by atoms with van der Waals surface area (Å²) in [5.74, 6) is -0.142. The molecule has 1 saturated heterocycles. The Morgan fingerprint density at radius 2 is 1.76 bits per heavy atom. The third-order valence-electron chi connectivity index (χ3n) is 5.89. The normalized spacial score (nSPS) is 20.7. The van der Waals surface area contributed by atoms with Crippen molar-refractivity contribution in [2.24, 2.45) is 0 Å². The van der Waals surface area contributed by atoms with Crippen LogP contribution < -0.4 is 5.32 Å². The summed E-state index contributed by atoms with van der Waals surface area (Å²) in [5.41, 5.74) is 2.76. The molecule has 8 heteroatoms. The van der Waals surface area contributed by atoms with Crippen LogP contribution in [-0.4, -0.2) is 75.9 Å². The van der Waals surface area contributed by atoms with Gasteiger partial charge in [0, 0.05) is 31.2 Å². The quantitative estimate of drug-likeness (QED) is 0.564. The second-order valence-corrected chi connectivity index (χ2v) is 11.0. The second-order valence-electron chi connectivity index (χ2n) is 9.05. The van der Waals surface area contributed by atoms with Crippen molar-refractivity contribution in [2.45, 2.75) is 43.9 Å². The van der Waals surface area contributed by atoms with E-state index in [1.165, 1.54) is 21.5 Å². The van der Waals surface area contributed by atoms with E-state index in [0.717, 1.165) is 0 Å². The van der Waals surface area contributed by atoms with Crippen LogP contribution in [0.25, 0.3) is 0 Å². The molecular formula is C25H35N3O4S. The molecule has 0 amide bonds. The first-order valence-corrected chi connectivity index (χ1v) is 12.7. The number of ether oxygens (including phenoxy) is 1. The maximum Gasteiger partial charge on any atom is 0.243 e. The average Bonchev–Trinajstić information content (AvgIpc) is 2.76. The van der Waals surface area contributed by atoms with Gasteiger partial charge in [0.05, 0.1) is 23.6 Å². The smallest absolute Gasteiger partial charge is 0.243 e. The summed E-state index contributed by atoms with van der Waals surface area (Å²) in [6, 6.07) is 14.8. The molecule has 1 heterocycles. The van der Waals surface area contributed by atoms with Gasteiger partial charge >= 0.3 is 0 Å². The molecule has 33 heavy (non-hydrogen) atoms. The molecule has 0 radical (unpaired) electrons. The number of carbonyl (C=O) groups excluding carboxylic acids is 1. The fraction of sp³-hybridized carbons (Fsp3) is 0.480. The first kappa shape index (κ1) is 25.5. The van der Waals surface area contributed by atoms with Crippen LogP contribution >= 0.6 is 0 Å². The molecule has 1 aliphatic heterocycles. The summed E-state index contributed by atoms with van der Waals surface area (Å²) in [7, 11) is 0.325. The van der Waals surface area contributed by atoms with Crippen molar-refractivity contribution >= 4 is 15.8 Å². The lowest BCUT2D eigenvalue weighted by Crippen LogP contribution is -2.48. The number of hydrogen-bond donors (Lipinski definition) is 1. The van der Waals surface area contributed by atoms with Crippen molar-refractivity contribution < 1.29 is 17.9 Å². The number of hydrogen-bond acceptors (Lipinski definition) is 6. The Morgan fingerprint density at radius 3 is 2.36 bits per heavy atom. The molecule has 1 fully saturated rings. The predicted molar refractivity (Wildman–Crippen MR) is 130 cm³/mol. The highest BCUT2D eigenvalue weighted by atomic mass is 32.2. The van der Waals surface area contributed by atoms with Gasteiger partial charge < -0.3 is 15.0 Å². The number of nitrogens with zero attached hydrogens (tertiary/aromatic N) is 2. The van der Waals surface area contributed by atoms with Crippen LogP contribution in [0.4, 0.5) is 0 Å². The monoisotopic (exact) mass is 473 g/mol. The number of rotatable bonds is 9. The lowest BCUT2D eigenvalue weighted by molar-refractivity contribution is -0.0440. The molecule has 2 aromatic carbocycles. The van der Waals surface area contributed by atoms with Gasteiger partial charge in [-0.2, -0.15) is 4.31 Å². The van der Waals surface area contributed by atoms with Crippen LogP contribution in [0.15, 0.2) is 53.4 Å². The molecule has 2 aromatic rings. The van der Waals surface area contributed by atoms with Gasteiger partial charge in [0.2, 0.25) is 10.0 Å². The van der Waals surface area contributed by atoms with Gasteiger partial charge in [0.15, 0.2) is 5.78 Å². The highest BCUT2D eigenvalue weighted by Crippen LogP contribution is 2.22. The van der Waals surface area contributed by atoms with E-state index in [0.29, 0.717) is 25.2 Å². The van der Waals surface area contributed by atoms with Crippen LogP contribution in [0.2, 0.25) is 0 Å². The molecule has 1 aliphatic rings. The van der Waals surface area contributed by atoms with E-state index in [1.54, 1.807) is 18.2 Å². The Hall–Kier alpha value is -2.10. The average molecular weight is 474 g/mol. The zero-order chi connectivity index (χ0) is 24.2. The van der Waals surface area contributed by atoms with Gasteiger partial charge in [-0.25, -0.2) is 8.42 Å². The van der Waals surface area contributed by atoms with Crippen LogP contribution in [0.5, 0.6) is 0 Å². The van der Waals surface area contributed by atoms with Crippen LogP contribution in [0, 0.1) is 6.92 Å². The number of nitrogens with one attached hydrogen (secondary N) is 1. The number of ketones is 1. The van der Waals surface area contributed by atoms with Crippen molar-refractivity contribution in [3.8, 4) is 0 Å². The zero-order valence-corrected chi connectivity index (χ0v) is 20.9. The fourth-order valence-electron chi connectivity index (χ4n) is 4.12. The van der Waals surface area contributed by atoms with Gasteiger partial charge in [-0.15, -0.1) is 0 Å². The zero-order valence-electron chi connectivity index (χ0n) is 20.1. The van der Waals surface area contributed by atoms with Crippen molar-refractivity contribution in [2.75, 3.05) is 40.3 Å². The maximum atomic E-state index is 13.2. The molecule has 0 aromatic heterocycles. The van der Waals surface area contributed by atoms with Gasteiger partial charge in [0.25, 0.3) is 0 Å². The number of morpholine rings is 1. The topological polar surface area (TPSA) is 79.0 Å². The third kappa shape index (κ3) is 6.49. The molecule has 0 spiro atoms. The molecule has 1 N–H and O–H groups in total. The summed E-state index contributed by atoms with van der Waals surface area (Å²) in [4.78, 5) is 15.1. The maximum absolute atomic E-state index is 13.2. The SMILES string of the molecule is Cc1ccc(C(CNCC(=O)c2cccc(S(=O)(=O)N3CC(C)OC(C)C3)c2)N(C)C)cc1. The first-order chi connectivity index (χ1) is 15.6. The van der Waals surface area contributed by atoms with E-state index in [4.69, 9.17) is 4.74 Å². The molecule has 0 bridgehead atoms. The lowest BCUT2D eigenvalue weighted by atomic mass is 10.0. The van der Waals surface area contributed by atoms with Crippen LogP contribution in [-0.2, 0) is 14.8 Å². The molecular weight excluding hydrogens is 438 g/mol. The number of Topliss-reactive ketones (excluding diaryl/α,β-unsaturated/α-hetero) is 1. The van der Waals surface area contributed by atoms with Crippen molar-refractivity contribution in [1.29, 1.82) is 0 Å². The summed E-state index contributed by atoms with van der Waals surface area (Å²) in [6.45, 7) is 7.12. The van der Waals surface area contributed by atoms with Crippen molar-refractivity contribution in [1.82, 2.24) is 14.5 Å².